The topological polar surface area (TPSA) is 95.6 Å². The van der Waals surface area contributed by atoms with E-state index in [1.165, 1.54) is 13.8 Å². The van der Waals surface area contributed by atoms with Gasteiger partial charge >= 0.3 is 6.03 Å². The molecule has 1 heterocycles. The van der Waals surface area contributed by atoms with E-state index in [1.54, 1.807) is 24.3 Å². The Balaban J connectivity index is 1.81. The second kappa shape index (κ2) is 7.42. The van der Waals surface area contributed by atoms with Crippen molar-refractivity contribution in [1.82, 2.24) is 10.2 Å². The van der Waals surface area contributed by atoms with E-state index in [9.17, 15) is 28.0 Å². The van der Waals surface area contributed by atoms with E-state index in [-0.39, 0.29) is 5.91 Å². The summed E-state index contributed by atoms with van der Waals surface area (Å²) < 4.78 is 26.8. The van der Waals surface area contributed by atoms with Gasteiger partial charge in [-0.1, -0.05) is 12.1 Å². The first-order chi connectivity index (χ1) is 13.6. The zero-order valence-electron chi connectivity index (χ0n) is 15.6. The number of hydrogen-bond acceptors (Lipinski definition) is 4. The van der Waals surface area contributed by atoms with Gasteiger partial charge in [-0.05, 0) is 36.8 Å². The first-order valence-corrected chi connectivity index (χ1v) is 8.62. The van der Waals surface area contributed by atoms with E-state index in [0.29, 0.717) is 22.2 Å². The largest absolute Gasteiger partial charge is 0.326 e. The van der Waals surface area contributed by atoms with Crippen LogP contribution in [0.5, 0.6) is 0 Å². The Morgan fingerprint density at radius 2 is 1.76 bits per heavy atom. The summed E-state index contributed by atoms with van der Waals surface area (Å²) in [5.41, 5.74) is -0.901. The quantitative estimate of drug-likeness (QED) is 0.595. The minimum atomic E-state index is -1.44. The molecule has 29 heavy (non-hydrogen) atoms. The molecule has 2 N–H and O–H groups in total. The lowest BCUT2D eigenvalue weighted by molar-refractivity contribution is -0.130. The number of amides is 4. The van der Waals surface area contributed by atoms with Crippen LogP contribution in [0.2, 0.25) is 0 Å². The van der Waals surface area contributed by atoms with Crippen molar-refractivity contribution < 1.29 is 28.0 Å². The molecule has 150 valence electrons. The third-order valence-corrected chi connectivity index (χ3v) is 4.59. The van der Waals surface area contributed by atoms with Crippen molar-refractivity contribution in [3.8, 4) is 0 Å². The van der Waals surface area contributed by atoms with E-state index >= 15 is 0 Å². The molecule has 0 aliphatic carbocycles. The summed E-state index contributed by atoms with van der Waals surface area (Å²) in [7, 11) is 0. The lowest BCUT2D eigenvalue weighted by atomic mass is 9.92. The molecule has 1 unspecified atom stereocenters. The molecule has 9 heteroatoms. The minimum absolute atomic E-state index is 0.257. The number of carbonyl (C=O) groups excluding carboxylic acids is 4. The molecule has 1 aliphatic heterocycles. The number of nitrogens with zero attached hydrogens (tertiary/aromatic N) is 1. The normalized spacial score (nSPS) is 18.6. The minimum Gasteiger partial charge on any atom is -0.326 e. The molecule has 3 rings (SSSR count). The molecule has 2 aromatic carbocycles. The number of imide groups is 1. The lowest BCUT2D eigenvalue weighted by Gasteiger charge is -2.22. The smallest absolute Gasteiger partial charge is 0.325 e. The molecule has 7 nitrogen and oxygen atoms in total. The maximum Gasteiger partial charge on any atom is 0.325 e. The summed E-state index contributed by atoms with van der Waals surface area (Å²) in [4.78, 5) is 49.3. The Hall–Kier alpha value is -3.62. The molecule has 4 amide bonds. The highest BCUT2D eigenvalue weighted by Gasteiger charge is 2.49. The van der Waals surface area contributed by atoms with Gasteiger partial charge in [-0.25, -0.2) is 13.6 Å². The van der Waals surface area contributed by atoms with Crippen molar-refractivity contribution >= 4 is 29.3 Å². The first kappa shape index (κ1) is 20.1. The number of anilines is 1. The van der Waals surface area contributed by atoms with Crippen molar-refractivity contribution in [2.24, 2.45) is 0 Å². The maximum atomic E-state index is 13.8. The van der Waals surface area contributed by atoms with Crippen LogP contribution in [-0.4, -0.2) is 35.1 Å². The van der Waals surface area contributed by atoms with Crippen LogP contribution >= 0.6 is 0 Å². The second-order valence-electron chi connectivity index (χ2n) is 6.75. The predicted molar refractivity (Wildman–Crippen MR) is 99.0 cm³/mol. The third kappa shape index (κ3) is 3.84. The maximum absolute atomic E-state index is 13.8. The number of benzene rings is 2. The monoisotopic (exact) mass is 401 g/mol. The van der Waals surface area contributed by atoms with Crippen LogP contribution < -0.4 is 10.6 Å². The van der Waals surface area contributed by atoms with Crippen molar-refractivity contribution in [1.29, 1.82) is 0 Å². The van der Waals surface area contributed by atoms with Crippen LogP contribution in [-0.2, 0) is 15.1 Å². The van der Waals surface area contributed by atoms with E-state index < -0.39 is 47.0 Å². The molecule has 0 saturated carbocycles. The van der Waals surface area contributed by atoms with Crippen molar-refractivity contribution in [3.05, 3.63) is 65.2 Å². The molecule has 1 aliphatic rings. The van der Waals surface area contributed by atoms with Gasteiger partial charge in [0.25, 0.3) is 5.91 Å². The fourth-order valence-electron chi connectivity index (χ4n) is 3.07. The highest BCUT2D eigenvalue weighted by Crippen LogP contribution is 2.30. The predicted octanol–water partition coefficient (Wildman–Crippen LogP) is 2.57. The van der Waals surface area contributed by atoms with Gasteiger partial charge in [0.05, 0.1) is 12.1 Å². The van der Waals surface area contributed by atoms with Crippen LogP contribution in [0.25, 0.3) is 0 Å². The Labute approximate surface area is 164 Å². The summed E-state index contributed by atoms with van der Waals surface area (Å²) in [6.07, 6.45) is 0. The Bertz CT molecular complexity index is 1020. The van der Waals surface area contributed by atoms with Gasteiger partial charge in [0, 0.05) is 18.7 Å². The molecule has 0 aromatic heterocycles. The average molecular weight is 401 g/mol. The fourth-order valence-corrected chi connectivity index (χ4v) is 3.07. The zero-order valence-corrected chi connectivity index (χ0v) is 15.6. The fraction of sp³-hybridized carbons (Fsp3) is 0.200. The van der Waals surface area contributed by atoms with Gasteiger partial charge in [-0.3, -0.25) is 19.3 Å². The standard InChI is InChI=1S/C20H17F2N3O4/c1-11(26)23-14-6-3-12(4-7-14)20(2)18(28)25(19(29)24-20)10-17(27)15-8-5-13(21)9-16(15)22/h3-9H,10H2,1-2H3,(H,23,26)(H,24,29). The summed E-state index contributed by atoms with van der Waals surface area (Å²) in [6, 6.07) is 7.91. The molecule has 2 aromatic rings. The summed E-state index contributed by atoms with van der Waals surface area (Å²) in [5.74, 6) is -3.70. The number of hydrogen-bond donors (Lipinski definition) is 2. The molecule has 1 atom stereocenters. The van der Waals surface area contributed by atoms with Gasteiger partial charge in [0.2, 0.25) is 5.91 Å². The van der Waals surface area contributed by atoms with Gasteiger partial charge in [0.1, 0.15) is 17.2 Å². The molecular weight excluding hydrogens is 384 g/mol. The number of carbonyl (C=O) groups is 4. The van der Waals surface area contributed by atoms with Crippen LogP contribution in [0.3, 0.4) is 0 Å². The highest BCUT2D eigenvalue weighted by atomic mass is 19.1. The van der Waals surface area contributed by atoms with Crippen molar-refractivity contribution in [3.63, 3.8) is 0 Å². The van der Waals surface area contributed by atoms with E-state index in [0.717, 1.165) is 12.1 Å². The Morgan fingerprint density at radius 1 is 1.10 bits per heavy atom. The number of rotatable bonds is 5. The molecule has 0 spiro atoms. The summed E-state index contributed by atoms with van der Waals surface area (Å²) in [6.45, 7) is 2.14. The van der Waals surface area contributed by atoms with E-state index in [4.69, 9.17) is 0 Å². The van der Waals surface area contributed by atoms with Crippen LogP contribution in [0, 0.1) is 11.6 Å². The second-order valence-corrected chi connectivity index (χ2v) is 6.75. The summed E-state index contributed by atoms with van der Waals surface area (Å²) in [5, 5.41) is 5.12. The zero-order chi connectivity index (χ0) is 21.3. The van der Waals surface area contributed by atoms with Crippen LogP contribution in [0.4, 0.5) is 19.3 Å². The Kier molecular flexibility index (Phi) is 5.15. The van der Waals surface area contributed by atoms with Crippen LogP contribution in [0.15, 0.2) is 42.5 Å². The van der Waals surface area contributed by atoms with Crippen molar-refractivity contribution in [2.45, 2.75) is 19.4 Å². The lowest BCUT2D eigenvalue weighted by Crippen LogP contribution is -2.41. The van der Waals surface area contributed by atoms with Gasteiger partial charge < -0.3 is 10.6 Å². The summed E-state index contributed by atoms with van der Waals surface area (Å²) >= 11 is 0. The Morgan fingerprint density at radius 3 is 2.34 bits per heavy atom. The van der Waals surface area contributed by atoms with Crippen molar-refractivity contribution in [2.75, 3.05) is 11.9 Å². The number of halogens is 2. The number of nitrogens with one attached hydrogen (secondary N) is 2. The number of ketones is 1. The number of urea groups is 1. The third-order valence-electron chi connectivity index (χ3n) is 4.59. The van der Waals surface area contributed by atoms with Gasteiger partial charge in [-0.15, -0.1) is 0 Å². The molecular formula is C20H17F2N3O4. The number of Topliss-reactive ketones (excluding diaryl/α,β-unsaturated/α-hetero) is 1. The SMILES string of the molecule is CC(=O)Nc1ccc(C2(C)NC(=O)N(CC(=O)c3ccc(F)cc3F)C2=O)cc1. The van der Waals surface area contributed by atoms with Gasteiger partial charge in [0.15, 0.2) is 5.78 Å². The van der Waals surface area contributed by atoms with Gasteiger partial charge in [-0.2, -0.15) is 0 Å². The highest BCUT2D eigenvalue weighted by molar-refractivity contribution is 6.11. The molecule has 0 radical (unpaired) electrons. The molecule has 0 bridgehead atoms. The average Bonchev–Trinajstić information content (AvgIpc) is 2.85. The van der Waals surface area contributed by atoms with Crippen LogP contribution in [0.1, 0.15) is 29.8 Å². The molecule has 1 saturated heterocycles. The molecule has 1 fully saturated rings. The first-order valence-electron chi connectivity index (χ1n) is 8.62. The van der Waals surface area contributed by atoms with E-state index in [2.05, 4.69) is 10.6 Å². The van der Waals surface area contributed by atoms with E-state index in [1.807, 2.05) is 0 Å².